The Balaban J connectivity index is 1.68. The van der Waals surface area contributed by atoms with E-state index >= 15 is 0 Å². The highest BCUT2D eigenvalue weighted by atomic mass is 16.5. The second kappa shape index (κ2) is 6.57. The Kier molecular flexibility index (Phi) is 4.33. The summed E-state index contributed by atoms with van der Waals surface area (Å²) in [4.78, 5) is 18.6. The molecule has 0 saturated carbocycles. The number of aromatic nitrogens is 3. The van der Waals surface area contributed by atoms with Gasteiger partial charge in [0.2, 0.25) is 5.88 Å². The van der Waals surface area contributed by atoms with Crippen LogP contribution in [0.3, 0.4) is 0 Å². The van der Waals surface area contributed by atoms with Gasteiger partial charge in [0, 0.05) is 32.4 Å². The zero-order valence-corrected chi connectivity index (χ0v) is 13.9. The fourth-order valence-electron chi connectivity index (χ4n) is 2.27. The summed E-state index contributed by atoms with van der Waals surface area (Å²) < 4.78 is 6.59. The van der Waals surface area contributed by atoms with Gasteiger partial charge in [0.25, 0.3) is 5.91 Å². The number of nitrogens with one attached hydrogen (secondary N) is 1. The first kappa shape index (κ1) is 15.8. The predicted octanol–water partition coefficient (Wildman–Crippen LogP) is 1.73. The van der Waals surface area contributed by atoms with E-state index in [0.29, 0.717) is 23.8 Å². The molecular weight excluding hydrogens is 306 g/mol. The lowest BCUT2D eigenvalue weighted by Crippen LogP contribution is -2.23. The van der Waals surface area contributed by atoms with E-state index in [1.807, 2.05) is 43.3 Å². The van der Waals surface area contributed by atoms with Crippen molar-refractivity contribution in [2.45, 2.75) is 6.54 Å². The number of ether oxygens (including phenoxy) is 1. The number of nitrogens with zero attached hydrogens (tertiary/aromatic N) is 4. The maximum atomic E-state index is 12.3. The van der Waals surface area contributed by atoms with Crippen LogP contribution in [0.4, 0.5) is 5.69 Å². The number of benzene rings is 1. The summed E-state index contributed by atoms with van der Waals surface area (Å²) in [5.41, 5.74) is 3.06. The van der Waals surface area contributed by atoms with Crippen molar-refractivity contribution in [2.75, 3.05) is 26.1 Å². The van der Waals surface area contributed by atoms with Crippen LogP contribution in [0.2, 0.25) is 0 Å². The summed E-state index contributed by atoms with van der Waals surface area (Å²) in [5, 5.41) is 7.05. The van der Waals surface area contributed by atoms with E-state index in [1.54, 1.807) is 25.4 Å². The highest BCUT2D eigenvalue weighted by Gasteiger charge is 2.11. The Morgan fingerprint density at radius 1 is 1.21 bits per heavy atom. The molecule has 3 aromatic rings. The molecule has 0 bridgehead atoms. The summed E-state index contributed by atoms with van der Waals surface area (Å²) in [6, 6.07) is 11.5. The van der Waals surface area contributed by atoms with Gasteiger partial charge in [0.1, 0.15) is 5.69 Å². The topological polar surface area (TPSA) is 71.8 Å². The number of imidazole rings is 1. The molecular formula is C17H19N5O2. The largest absolute Gasteiger partial charge is 0.480 e. The van der Waals surface area contributed by atoms with Gasteiger partial charge in [-0.15, -0.1) is 5.10 Å². The number of anilines is 1. The molecule has 7 nitrogen and oxygen atoms in total. The van der Waals surface area contributed by atoms with Crippen LogP contribution < -0.4 is 15.0 Å². The van der Waals surface area contributed by atoms with Gasteiger partial charge in [-0.2, -0.15) is 0 Å². The molecule has 0 saturated heterocycles. The van der Waals surface area contributed by atoms with Crippen molar-refractivity contribution in [3.8, 4) is 5.88 Å². The molecule has 7 heteroatoms. The standard InChI is InChI=1S/C17H19N5O2/c1-21(2)13-6-4-12(5-7-13)10-18-17(23)14-11-22-15(19-14)8-9-16(20-22)24-3/h4-9,11H,10H2,1-3H3,(H,18,23). The van der Waals surface area contributed by atoms with E-state index in [2.05, 4.69) is 15.4 Å². The molecule has 1 aromatic carbocycles. The summed E-state index contributed by atoms with van der Waals surface area (Å²) in [6.45, 7) is 0.442. The number of fused-ring (bicyclic) bond motifs is 1. The molecule has 0 atom stereocenters. The molecule has 3 rings (SSSR count). The molecule has 0 aliphatic carbocycles. The van der Waals surface area contributed by atoms with Crippen LogP contribution in [0.1, 0.15) is 16.1 Å². The van der Waals surface area contributed by atoms with Gasteiger partial charge < -0.3 is 15.0 Å². The summed E-state index contributed by atoms with van der Waals surface area (Å²) >= 11 is 0. The van der Waals surface area contributed by atoms with Crippen molar-refractivity contribution in [3.05, 3.63) is 53.9 Å². The molecule has 2 heterocycles. The number of carbonyl (C=O) groups is 1. The van der Waals surface area contributed by atoms with E-state index in [9.17, 15) is 4.79 Å². The zero-order chi connectivity index (χ0) is 17.1. The molecule has 1 N–H and O–H groups in total. The quantitative estimate of drug-likeness (QED) is 0.773. The molecule has 0 fully saturated rings. The van der Waals surface area contributed by atoms with E-state index in [1.165, 1.54) is 4.52 Å². The number of rotatable bonds is 5. The van der Waals surface area contributed by atoms with Gasteiger partial charge in [-0.1, -0.05) is 12.1 Å². The third kappa shape index (κ3) is 3.29. The number of amides is 1. The summed E-state index contributed by atoms with van der Waals surface area (Å²) in [6.07, 6.45) is 1.59. The van der Waals surface area contributed by atoms with Crippen LogP contribution in [0, 0.1) is 0 Å². The molecule has 1 amide bonds. The number of hydrogen-bond acceptors (Lipinski definition) is 5. The highest BCUT2D eigenvalue weighted by molar-refractivity contribution is 5.92. The van der Waals surface area contributed by atoms with Crippen molar-refractivity contribution in [2.24, 2.45) is 0 Å². The van der Waals surface area contributed by atoms with Crippen LogP contribution in [-0.4, -0.2) is 41.7 Å². The Morgan fingerprint density at radius 3 is 2.62 bits per heavy atom. The van der Waals surface area contributed by atoms with Gasteiger partial charge in [-0.05, 0) is 23.8 Å². The zero-order valence-electron chi connectivity index (χ0n) is 13.9. The van der Waals surface area contributed by atoms with Crippen LogP contribution >= 0.6 is 0 Å². The SMILES string of the molecule is COc1ccc2nc(C(=O)NCc3ccc(N(C)C)cc3)cn2n1. The third-order valence-corrected chi connectivity index (χ3v) is 3.64. The minimum absolute atomic E-state index is 0.240. The summed E-state index contributed by atoms with van der Waals surface area (Å²) in [7, 11) is 5.52. The van der Waals surface area contributed by atoms with Crippen LogP contribution in [0.5, 0.6) is 5.88 Å². The molecule has 0 aliphatic rings. The van der Waals surface area contributed by atoms with Gasteiger partial charge in [0.15, 0.2) is 5.65 Å². The van der Waals surface area contributed by atoms with Crippen molar-refractivity contribution < 1.29 is 9.53 Å². The first-order valence-electron chi connectivity index (χ1n) is 7.51. The minimum Gasteiger partial charge on any atom is -0.480 e. The molecule has 0 unspecified atom stereocenters. The van der Waals surface area contributed by atoms with Gasteiger partial charge in [0.05, 0.1) is 13.3 Å². The minimum atomic E-state index is -0.240. The Labute approximate surface area is 139 Å². The van der Waals surface area contributed by atoms with Gasteiger partial charge >= 0.3 is 0 Å². The van der Waals surface area contributed by atoms with Crippen LogP contribution in [0.15, 0.2) is 42.6 Å². The van der Waals surface area contributed by atoms with E-state index < -0.39 is 0 Å². The van der Waals surface area contributed by atoms with E-state index in [-0.39, 0.29) is 5.91 Å². The fourth-order valence-corrected chi connectivity index (χ4v) is 2.27. The molecule has 0 spiro atoms. The van der Waals surface area contributed by atoms with Crippen molar-refractivity contribution >= 4 is 17.2 Å². The smallest absolute Gasteiger partial charge is 0.271 e. The highest BCUT2D eigenvalue weighted by Crippen LogP contribution is 2.12. The van der Waals surface area contributed by atoms with Gasteiger partial charge in [-0.25, -0.2) is 9.50 Å². The van der Waals surface area contributed by atoms with Crippen LogP contribution in [-0.2, 0) is 6.54 Å². The van der Waals surface area contributed by atoms with E-state index in [4.69, 9.17) is 4.74 Å². The number of hydrogen-bond donors (Lipinski definition) is 1. The van der Waals surface area contributed by atoms with E-state index in [0.717, 1.165) is 11.3 Å². The Bertz CT molecular complexity index is 855. The Morgan fingerprint density at radius 2 is 1.96 bits per heavy atom. The first-order chi connectivity index (χ1) is 11.6. The normalized spacial score (nSPS) is 10.6. The second-order valence-electron chi connectivity index (χ2n) is 5.55. The van der Waals surface area contributed by atoms with Crippen molar-refractivity contribution in [3.63, 3.8) is 0 Å². The third-order valence-electron chi connectivity index (χ3n) is 3.64. The lowest BCUT2D eigenvalue weighted by Gasteiger charge is -2.12. The first-order valence-corrected chi connectivity index (χ1v) is 7.51. The average molecular weight is 325 g/mol. The monoisotopic (exact) mass is 325 g/mol. The Hall–Kier alpha value is -3.09. The number of carbonyl (C=O) groups excluding carboxylic acids is 1. The molecule has 0 aliphatic heterocycles. The lowest BCUT2D eigenvalue weighted by molar-refractivity contribution is 0.0946. The maximum Gasteiger partial charge on any atom is 0.271 e. The summed E-state index contributed by atoms with van der Waals surface area (Å²) in [5.74, 6) is 0.226. The lowest BCUT2D eigenvalue weighted by atomic mass is 10.2. The maximum absolute atomic E-state index is 12.3. The van der Waals surface area contributed by atoms with Crippen molar-refractivity contribution in [1.29, 1.82) is 0 Å². The predicted molar refractivity (Wildman–Crippen MR) is 91.5 cm³/mol. The second-order valence-corrected chi connectivity index (χ2v) is 5.55. The molecule has 124 valence electrons. The molecule has 24 heavy (non-hydrogen) atoms. The van der Waals surface area contributed by atoms with Crippen molar-refractivity contribution in [1.82, 2.24) is 19.9 Å². The fraction of sp³-hybridized carbons (Fsp3) is 0.235. The molecule has 0 radical (unpaired) electrons. The van der Waals surface area contributed by atoms with Crippen LogP contribution in [0.25, 0.3) is 5.65 Å². The molecule has 2 aromatic heterocycles. The average Bonchev–Trinajstić information content (AvgIpc) is 3.03. The number of methoxy groups -OCH3 is 1. The van der Waals surface area contributed by atoms with Gasteiger partial charge in [-0.3, -0.25) is 4.79 Å².